The SMILES string of the molecule is O=C(Nc1ccc([C@H]2O[C@@H](CN3CCC4(CC3)OCCO4)C[C@@H](c3ccc(CO)cc3)O2)cc1)C(Cl)(Cl)Cl. The van der Waals surface area contributed by atoms with Crippen molar-refractivity contribution in [3.05, 3.63) is 65.2 Å². The fraction of sp³-hybridized carbons (Fsp3) is 0.519. The first-order valence-electron chi connectivity index (χ1n) is 12.7. The van der Waals surface area contributed by atoms with Gasteiger partial charge in [0.15, 0.2) is 12.1 Å². The van der Waals surface area contributed by atoms with Crippen LogP contribution in [-0.2, 0) is 30.3 Å². The van der Waals surface area contributed by atoms with E-state index in [1.54, 1.807) is 12.1 Å². The fourth-order valence-corrected chi connectivity index (χ4v) is 5.25. The van der Waals surface area contributed by atoms with Crippen LogP contribution in [0.2, 0.25) is 0 Å². The topological polar surface area (TPSA) is 89.5 Å². The standard InChI is InChI=1S/C27H31Cl3N2O6/c28-27(29,30)25(34)31-21-7-5-20(6-8-21)24-37-22(15-23(38-24)19-3-1-18(17-33)2-4-19)16-32-11-9-26(10-12-32)35-13-14-36-26/h1-8,22-24,33H,9-17H2,(H,31,34)/t22-,23+,24+/m1/s1. The molecule has 0 saturated carbocycles. The van der Waals surface area contributed by atoms with Crippen molar-refractivity contribution in [2.24, 2.45) is 0 Å². The number of alkyl halides is 3. The molecule has 11 heteroatoms. The first-order chi connectivity index (χ1) is 18.2. The lowest BCUT2D eigenvalue weighted by molar-refractivity contribution is -0.255. The van der Waals surface area contributed by atoms with E-state index in [0.717, 1.165) is 49.2 Å². The van der Waals surface area contributed by atoms with Crippen molar-refractivity contribution in [1.29, 1.82) is 0 Å². The molecule has 3 atom stereocenters. The van der Waals surface area contributed by atoms with Gasteiger partial charge in [0.1, 0.15) is 0 Å². The van der Waals surface area contributed by atoms with Crippen LogP contribution < -0.4 is 5.32 Å². The minimum absolute atomic E-state index is 0.00872. The Hall–Kier alpha value is -1.46. The molecule has 1 spiro atoms. The van der Waals surface area contributed by atoms with E-state index in [2.05, 4.69) is 10.2 Å². The number of aliphatic hydroxyl groups is 1. The van der Waals surface area contributed by atoms with Crippen molar-refractivity contribution in [3.63, 3.8) is 0 Å². The van der Waals surface area contributed by atoms with Crippen LogP contribution in [0.15, 0.2) is 48.5 Å². The molecule has 0 aliphatic carbocycles. The van der Waals surface area contributed by atoms with E-state index in [0.29, 0.717) is 25.3 Å². The van der Waals surface area contributed by atoms with E-state index >= 15 is 0 Å². The summed E-state index contributed by atoms with van der Waals surface area (Å²) in [6.45, 7) is 3.82. The third-order valence-electron chi connectivity index (χ3n) is 7.21. The molecule has 8 nitrogen and oxygen atoms in total. The Labute approximate surface area is 237 Å². The Morgan fingerprint density at radius 3 is 2.21 bits per heavy atom. The summed E-state index contributed by atoms with van der Waals surface area (Å²) in [5, 5.41) is 12.0. The Kier molecular flexibility index (Phi) is 8.84. The Morgan fingerprint density at radius 1 is 0.974 bits per heavy atom. The number of benzene rings is 2. The minimum atomic E-state index is -2.05. The van der Waals surface area contributed by atoms with Crippen LogP contribution in [0.3, 0.4) is 0 Å². The number of halogens is 3. The van der Waals surface area contributed by atoms with Gasteiger partial charge in [0, 0.05) is 50.1 Å². The molecule has 2 N–H and O–H groups in total. The molecule has 0 radical (unpaired) electrons. The van der Waals surface area contributed by atoms with Crippen molar-refractivity contribution in [3.8, 4) is 0 Å². The predicted molar refractivity (Wildman–Crippen MR) is 144 cm³/mol. The molecule has 0 aromatic heterocycles. The number of piperidine rings is 1. The minimum Gasteiger partial charge on any atom is -0.392 e. The highest BCUT2D eigenvalue weighted by atomic mass is 35.6. The van der Waals surface area contributed by atoms with E-state index in [1.807, 2.05) is 36.4 Å². The first kappa shape index (κ1) is 28.1. The van der Waals surface area contributed by atoms with Crippen molar-refractivity contribution in [1.82, 2.24) is 4.90 Å². The normalized spacial score (nSPS) is 25.9. The van der Waals surface area contributed by atoms with E-state index in [-0.39, 0.29) is 18.8 Å². The Bertz CT molecular complexity index is 1080. The molecule has 3 saturated heterocycles. The van der Waals surface area contributed by atoms with Gasteiger partial charge in [0.2, 0.25) is 0 Å². The van der Waals surface area contributed by atoms with Crippen LogP contribution in [0.1, 0.15) is 48.3 Å². The fourth-order valence-electron chi connectivity index (χ4n) is 5.11. The van der Waals surface area contributed by atoms with E-state index in [9.17, 15) is 9.90 Å². The zero-order chi connectivity index (χ0) is 26.8. The number of nitrogens with one attached hydrogen (secondary N) is 1. The van der Waals surface area contributed by atoms with E-state index < -0.39 is 21.8 Å². The van der Waals surface area contributed by atoms with Crippen LogP contribution in [0, 0.1) is 0 Å². The molecule has 0 bridgehead atoms. The molecule has 1 amide bonds. The molecule has 3 aliphatic heterocycles. The third kappa shape index (κ3) is 6.81. The van der Waals surface area contributed by atoms with Crippen molar-refractivity contribution in [2.75, 3.05) is 38.2 Å². The van der Waals surface area contributed by atoms with Gasteiger partial charge < -0.3 is 34.3 Å². The average molecular weight is 586 g/mol. The first-order valence-corrected chi connectivity index (χ1v) is 13.9. The lowest BCUT2D eigenvalue weighted by Crippen LogP contribution is -2.48. The molecule has 2 aromatic rings. The van der Waals surface area contributed by atoms with E-state index in [1.165, 1.54) is 0 Å². The number of aliphatic hydroxyl groups excluding tert-OH is 1. The maximum Gasteiger partial charge on any atom is 0.276 e. The van der Waals surface area contributed by atoms with Crippen LogP contribution in [0.4, 0.5) is 5.69 Å². The van der Waals surface area contributed by atoms with Gasteiger partial charge in [-0.1, -0.05) is 71.2 Å². The van der Waals surface area contributed by atoms with Crippen LogP contribution >= 0.6 is 34.8 Å². The van der Waals surface area contributed by atoms with Gasteiger partial charge in [-0.3, -0.25) is 4.79 Å². The second-order valence-electron chi connectivity index (χ2n) is 9.83. The lowest BCUT2D eigenvalue weighted by Gasteiger charge is -2.41. The number of hydrogen-bond donors (Lipinski definition) is 2. The number of anilines is 1. The Balaban J connectivity index is 1.29. The monoisotopic (exact) mass is 584 g/mol. The van der Waals surface area contributed by atoms with E-state index in [4.69, 9.17) is 53.8 Å². The summed E-state index contributed by atoms with van der Waals surface area (Å²) in [6, 6.07) is 14.9. The summed E-state index contributed by atoms with van der Waals surface area (Å²) in [6.07, 6.45) is 1.51. The van der Waals surface area contributed by atoms with Gasteiger partial charge in [0.25, 0.3) is 9.70 Å². The summed E-state index contributed by atoms with van der Waals surface area (Å²) in [4.78, 5) is 14.4. The number of nitrogens with zero attached hydrogens (tertiary/aromatic N) is 1. The number of likely N-dealkylation sites (tertiary alicyclic amines) is 1. The molecule has 3 aliphatic rings. The van der Waals surface area contributed by atoms with Gasteiger partial charge >= 0.3 is 0 Å². The number of rotatable bonds is 6. The molecule has 0 unspecified atom stereocenters. The quantitative estimate of drug-likeness (QED) is 0.468. The zero-order valence-corrected chi connectivity index (χ0v) is 23.1. The van der Waals surface area contributed by atoms with Gasteiger partial charge in [-0.25, -0.2) is 0 Å². The van der Waals surface area contributed by atoms with Gasteiger partial charge in [-0.05, 0) is 23.3 Å². The molecule has 3 fully saturated rings. The summed E-state index contributed by atoms with van der Waals surface area (Å²) in [5.74, 6) is -1.15. The van der Waals surface area contributed by atoms with Gasteiger partial charge in [-0.15, -0.1) is 0 Å². The van der Waals surface area contributed by atoms with Crippen molar-refractivity contribution in [2.45, 2.75) is 53.9 Å². The highest BCUT2D eigenvalue weighted by Crippen LogP contribution is 2.39. The van der Waals surface area contributed by atoms with Gasteiger partial charge in [0.05, 0.1) is 32.0 Å². The smallest absolute Gasteiger partial charge is 0.276 e. The number of hydrogen-bond acceptors (Lipinski definition) is 7. The summed E-state index contributed by atoms with van der Waals surface area (Å²) in [5.41, 5.74) is 3.17. The molecule has 38 heavy (non-hydrogen) atoms. The summed E-state index contributed by atoms with van der Waals surface area (Å²) in [7, 11) is 0. The molecule has 5 rings (SSSR count). The molecule has 206 valence electrons. The number of carbonyl (C=O) groups is 1. The predicted octanol–water partition coefficient (Wildman–Crippen LogP) is 4.87. The maximum absolute atomic E-state index is 12.0. The third-order valence-corrected chi connectivity index (χ3v) is 7.72. The number of carbonyl (C=O) groups excluding carboxylic acids is 1. The average Bonchev–Trinajstić information content (AvgIpc) is 3.38. The number of amides is 1. The largest absolute Gasteiger partial charge is 0.392 e. The summed E-state index contributed by atoms with van der Waals surface area (Å²) >= 11 is 17.0. The maximum atomic E-state index is 12.0. The molecular weight excluding hydrogens is 555 g/mol. The number of ether oxygens (including phenoxy) is 4. The molecular formula is C27H31Cl3N2O6. The van der Waals surface area contributed by atoms with Crippen LogP contribution in [-0.4, -0.2) is 64.4 Å². The van der Waals surface area contributed by atoms with Crippen molar-refractivity contribution < 1.29 is 28.8 Å². The molecule has 2 aromatic carbocycles. The second kappa shape index (κ2) is 12.0. The molecule has 3 heterocycles. The van der Waals surface area contributed by atoms with Crippen molar-refractivity contribution >= 4 is 46.4 Å². The highest BCUT2D eigenvalue weighted by Gasteiger charge is 2.41. The van der Waals surface area contributed by atoms with Crippen LogP contribution in [0.25, 0.3) is 0 Å². The van der Waals surface area contributed by atoms with Crippen LogP contribution in [0.5, 0.6) is 0 Å². The Morgan fingerprint density at radius 2 is 1.61 bits per heavy atom. The van der Waals surface area contributed by atoms with Gasteiger partial charge in [-0.2, -0.15) is 0 Å². The second-order valence-corrected chi connectivity index (χ2v) is 12.1. The lowest BCUT2D eigenvalue weighted by atomic mass is 9.98. The highest BCUT2D eigenvalue weighted by molar-refractivity contribution is 6.76. The summed E-state index contributed by atoms with van der Waals surface area (Å²) < 4.78 is 22.6. The zero-order valence-electron chi connectivity index (χ0n) is 20.8.